The highest BCUT2D eigenvalue weighted by atomic mass is 32.2. The van der Waals surface area contributed by atoms with Crippen LogP contribution in [0.1, 0.15) is 12.5 Å². The van der Waals surface area contributed by atoms with Crippen LogP contribution < -0.4 is 0 Å². The first-order chi connectivity index (χ1) is 6.41. The van der Waals surface area contributed by atoms with Crippen molar-refractivity contribution in [3.05, 3.63) is 29.8 Å². The highest BCUT2D eigenvalue weighted by Gasteiger charge is 2.13. The van der Waals surface area contributed by atoms with Gasteiger partial charge in [0, 0.05) is 6.26 Å². The molecule has 1 aromatic carbocycles. The van der Waals surface area contributed by atoms with Crippen LogP contribution in [-0.4, -0.2) is 25.9 Å². The maximum Gasteiger partial charge on any atom is 0.175 e. The van der Waals surface area contributed by atoms with Crippen LogP contribution in [-0.2, 0) is 16.3 Å². The van der Waals surface area contributed by atoms with Gasteiger partial charge in [0.15, 0.2) is 9.84 Å². The summed E-state index contributed by atoms with van der Waals surface area (Å²) in [5, 5.41) is 9.20. The molecule has 0 fully saturated rings. The molecule has 0 aliphatic rings. The van der Waals surface area contributed by atoms with E-state index in [1.807, 2.05) is 0 Å². The number of sulfone groups is 1. The average Bonchev–Trinajstić information content (AvgIpc) is 2.01. The number of rotatable bonds is 3. The Balaban J connectivity index is 3.17. The van der Waals surface area contributed by atoms with E-state index in [1.165, 1.54) is 6.26 Å². The third kappa shape index (κ3) is 2.82. The molecule has 1 atom stereocenters. The molecule has 0 spiro atoms. The van der Waals surface area contributed by atoms with E-state index in [-0.39, 0.29) is 0 Å². The second-order valence-electron chi connectivity index (χ2n) is 3.43. The fourth-order valence-electron chi connectivity index (χ4n) is 1.35. The Morgan fingerprint density at radius 3 is 2.43 bits per heavy atom. The van der Waals surface area contributed by atoms with E-state index in [0.717, 1.165) is 0 Å². The molecular weight excluding hydrogens is 200 g/mol. The molecule has 1 aromatic rings. The molecule has 0 unspecified atom stereocenters. The summed E-state index contributed by atoms with van der Waals surface area (Å²) in [4.78, 5) is 0.306. The van der Waals surface area contributed by atoms with Crippen molar-refractivity contribution in [1.82, 2.24) is 0 Å². The van der Waals surface area contributed by atoms with Gasteiger partial charge in [0.2, 0.25) is 0 Å². The van der Waals surface area contributed by atoms with Gasteiger partial charge < -0.3 is 5.11 Å². The van der Waals surface area contributed by atoms with Crippen LogP contribution in [0.5, 0.6) is 0 Å². The minimum atomic E-state index is -3.19. The van der Waals surface area contributed by atoms with Gasteiger partial charge in [-0.15, -0.1) is 0 Å². The largest absolute Gasteiger partial charge is 0.393 e. The number of aliphatic hydroxyl groups excluding tert-OH is 1. The van der Waals surface area contributed by atoms with Gasteiger partial charge in [-0.2, -0.15) is 0 Å². The molecule has 1 N–H and O–H groups in total. The van der Waals surface area contributed by atoms with Gasteiger partial charge in [0.05, 0.1) is 11.0 Å². The van der Waals surface area contributed by atoms with E-state index >= 15 is 0 Å². The van der Waals surface area contributed by atoms with Gasteiger partial charge in [0.25, 0.3) is 0 Å². The Morgan fingerprint density at radius 1 is 1.36 bits per heavy atom. The van der Waals surface area contributed by atoms with Crippen molar-refractivity contribution in [3.63, 3.8) is 0 Å². The Kier molecular flexibility index (Phi) is 3.29. The van der Waals surface area contributed by atoms with Crippen LogP contribution in [0.15, 0.2) is 29.2 Å². The summed E-state index contributed by atoms with van der Waals surface area (Å²) in [6.45, 7) is 1.64. The zero-order chi connectivity index (χ0) is 10.8. The third-order valence-corrected chi connectivity index (χ3v) is 3.08. The number of hydrogen-bond acceptors (Lipinski definition) is 3. The quantitative estimate of drug-likeness (QED) is 0.817. The molecule has 1 rings (SSSR count). The lowest BCUT2D eigenvalue weighted by molar-refractivity contribution is 0.194. The van der Waals surface area contributed by atoms with Gasteiger partial charge in [0.1, 0.15) is 0 Å². The second kappa shape index (κ2) is 4.11. The summed E-state index contributed by atoms with van der Waals surface area (Å²) in [5.41, 5.74) is 0.671. The van der Waals surface area contributed by atoms with E-state index in [4.69, 9.17) is 0 Å². The number of aliphatic hydroxyl groups is 1. The first-order valence-corrected chi connectivity index (χ1v) is 6.26. The van der Waals surface area contributed by atoms with Crippen molar-refractivity contribution < 1.29 is 13.5 Å². The van der Waals surface area contributed by atoms with Crippen LogP contribution in [0.4, 0.5) is 0 Å². The van der Waals surface area contributed by atoms with Gasteiger partial charge in [-0.3, -0.25) is 0 Å². The summed E-state index contributed by atoms with van der Waals surface area (Å²) >= 11 is 0. The Labute approximate surface area is 84.3 Å². The molecule has 0 radical (unpaired) electrons. The molecule has 0 amide bonds. The van der Waals surface area contributed by atoms with E-state index in [2.05, 4.69) is 0 Å². The van der Waals surface area contributed by atoms with Gasteiger partial charge >= 0.3 is 0 Å². The minimum Gasteiger partial charge on any atom is -0.393 e. The Bertz CT molecular complexity index is 407. The van der Waals surface area contributed by atoms with Crippen molar-refractivity contribution in [2.24, 2.45) is 0 Å². The molecule has 4 heteroatoms. The Hall–Kier alpha value is -0.870. The zero-order valence-electron chi connectivity index (χ0n) is 8.27. The topological polar surface area (TPSA) is 54.4 Å². The highest BCUT2D eigenvalue weighted by molar-refractivity contribution is 7.90. The first kappa shape index (κ1) is 11.2. The maximum absolute atomic E-state index is 11.4. The van der Waals surface area contributed by atoms with Crippen molar-refractivity contribution in [2.45, 2.75) is 24.3 Å². The van der Waals surface area contributed by atoms with Crippen molar-refractivity contribution in [3.8, 4) is 0 Å². The average molecular weight is 214 g/mol. The molecule has 0 aliphatic heterocycles. The van der Waals surface area contributed by atoms with Gasteiger partial charge in [-0.05, 0) is 25.0 Å². The van der Waals surface area contributed by atoms with Gasteiger partial charge in [-0.25, -0.2) is 8.42 Å². The normalized spacial score (nSPS) is 13.9. The smallest absolute Gasteiger partial charge is 0.175 e. The van der Waals surface area contributed by atoms with Crippen LogP contribution in [0, 0.1) is 0 Å². The van der Waals surface area contributed by atoms with Crippen molar-refractivity contribution in [2.75, 3.05) is 6.26 Å². The summed E-state index contributed by atoms with van der Waals surface area (Å²) in [6, 6.07) is 6.74. The third-order valence-electron chi connectivity index (χ3n) is 1.89. The minimum absolute atomic E-state index is 0.306. The Morgan fingerprint density at radius 2 is 1.93 bits per heavy atom. The van der Waals surface area contributed by atoms with E-state index in [9.17, 15) is 13.5 Å². The summed E-state index contributed by atoms with van der Waals surface area (Å²) in [7, 11) is -3.19. The SMILES string of the molecule is C[C@@H](O)Cc1ccccc1S(C)(=O)=O. The lowest BCUT2D eigenvalue weighted by Gasteiger charge is -2.08. The zero-order valence-corrected chi connectivity index (χ0v) is 9.08. The molecule has 3 nitrogen and oxygen atoms in total. The molecule has 0 aromatic heterocycles. The van der Waals surface area contributed by atoms with Crippen LogP contribution in [0.3, 0.4) is 0 Å². The lowest BCUT2D eigenvalue weighted by atomic mass is 10.1. The lowest BCUT2D eigenvalue weighted by Crippen LogP contribution is -2.09. The molecular formula is C10H14O3S. The van der Waals surface area contributed by atoms with Crippen molar-refractivity contribution in [1.29, 1.82) is 0 Å². The fourth-order valence-corrected chi connectivity index (χ4v) is 2.31. The molecule has 0 saturated carbocycles. The predicted molar refractivity (Wildman–Crippen MR) is 54.9 cm³/mol. The second-order valence-corrected chi connectivity index (χ2v) is 5.42. The molecule has 0 bridgehead atoms. The van der Waals surface area contributed by atoms with E-state index in [0.29, 0.717) is 16.9 Å². The number of benzene rings is 1. The van der Waals surface area contributed by atoms with Crippen molar-refractivity contribution >= 4 is 9.84 Å². The van der Waals surface area contributed by atoms with Crippen LogP contribution >= 0.6 is 0 Å². The molecule has 14 heavy (non-hydrogen) atoms. The van der Waals surface area contributed by atoms with Crippen LogP contribution in [0.2, 0.25) is 0 Å². The molecule has 0 saturated heterocycles. The molecule has 0 heterocycles. The maximum atomic E-state index is 11.4. The number of hydrogen-bond donors (Lipinski definition) is 1. The standard InChI is InChI=1S/C10H14O3S/c1-8(11)7-9-5-3-4-6-10(9)14(2,12)13/h3-6,8,11H,7H2,1-2H3/t8-/m1/s1. The summed E-state index contributed by atoms with van der Waals surface area (Å²) < 4.78 is 22.7. The molecule has 78 valence electrons. The molecule has 0 aliphatic carbocycles. The predicted octanol–water partition coefficient (Wildman–Crippen LogP) is 1.01. The fraction of sp³-hybridized carbons (Fsp3) is 0.400. The summed E-state index contributed by atoms with van der Waals surface area (Å²) in [5.74, 6) is 0. The first-order valence-electron chi connectivity index (χ1n) is 4.37. The summed E-state index contributed by atoms with van der Waals surface area (Å²) in [6.07, 6.45) is 1.01. The van der Waals surface area contributed by atoms with Gasteiger partial charge in [-0.1, -0.05) is 18.2 Å². The van der Waals surface area contributed by atoms with E-state index in [1.54, 1.807) is 31.2 Å². The monoisotopic (exact) mass is 214 g/mol. The highest BCUT2D eigenvalue weighted by Crippen LogP contribution is 2.16. The van der Waals surface area contributed by atoms with E-state index < -0.39 is 15.9 Å². The van der Waals surface area contributed by atoms with Crippen LogP contribution in [0.25, 0.3) is 0 Å².